The molecule has 5 heteroatoms. The molecule has 0 amide bonds. The van der Waals surface area contributed by atoms with Crippen molar-refractivity contribution in [1.82, 2.24) is 0 Å². The summed E-state index contributed by atoms with van der Waals surface area (Å²) in [6, 6.07) is 4.17. The van der Waals surface area contributed by atoms with Crippen LogP contribution in [0.25, 0.3) is 0 Å². The summed E-state index contributed by atoms with van der Waals surface area (Å²) in [7, 11) is 0. The molecule has 1 heterocycles. The third kappa shape index (κ3) is 3.49. The van der Waals surface area contributed by atoms with Crippen molar-refractivity contribution >= 4 is 17.4 Å². The highest BCUT2D eigenvalue weighted by Gasteiger charge is 2.20. The number of carbonyl (C=O) groups excluding carboxylic acids is 1. The second-order valence-electron chi connectivity index (χ2n) is 3.83. The molecule has 0 radical (unpaired) electrons. The summed E-state index contributed by atoms with van der Waals surface area (Å²) >= 11 is 5.74. The number of hydrogen-bond donors (Lipinski definition) is 0. The van der Waals surface area contributed by atoms with Gasteiger partial charge in [-0.3, -0.25) is 4.79 Å². The number of ketones is 1. The molecule has 1 aromatic rings. The molecule has 0 spiro atoms. The smallest absolute Gasteiger partial charge is 0.164 e. The molecular formula is C12H12ClFO3. The van der Waals surface area contributed by atoms with Gasteiger partial charge in [-0.05, 0) is 23.8 Å². The first-order chi connectivity index (χ1) is 8.15. The quantitative estimate of drug-likeness (QED) is 0.832. The Hall–Kier alpha value is -0.970. The average molecular weight is 259 g/mol. The van der Waals surface area contributed by atoms with Crippen LogP contribution < -0.4 is 0 Å². The van der Waals surface area contributed by atoms with Crippen LogP contribution >= 0.6 is 11.6 Å². The largest absolute Gasteiger partial charge is 0.350 e. The number of hydrogen-bond acceptors (Lipinski definition) is 3. The molecule has 1 aromatic carbocycles. The average Bonchev–Trinajstić information content (AvgIpc) is 2.76. The van der Waals surface area contributed by atoms with Crippen LogP contribution in [0, 0.1) is 5.82 Å². The summed E-state index contributed by atoms with van der Waals surface area (Å²) in [5.41, 5.74) is 0.306. The minimum Gasteiger partial charge on any atom is -0.350 e. The van der Waals surface area contributed by atoms with Gasteiger partial charge in [0.2, 0.25) is 0 Å². The molecule has 0 N–H and O–H groups in total. The van der Waals surface area contributed by atoms with Gasteiger partial charge in [-0.25, -0.2) is 4.39 Å². The van der Waals surface area contributed by atoms with Crippen LogP contribution in [0.15, 0.2) is 18.2 Å². The van der Waals surface area contributed by atoms with Crippen molar-refractivity contribution in [3.05, 3.63) is 34.6 Å². The van der Waals surface area contributed by atoms with Crippen molar-refractivity contribution in [1.29, 1.82) is 0 Å². The third-order valence-electron chi connectivity index (χ3n) is 2.48. The lowest BCUT2D eigenvalue weighted by molar-refractivity contribution is -0.126. The zero-order chi connectivity index (χ0) is 12.3. The Morgan fingerprint density at radius 1 is 1.41 bits per heavy atom. The standard InChI is InChI=1S/C12H12ClFO3/c13-9-1-2-11(14)8(5-9)6-10(15)7-12-16-3-4-17-12/h1-2,5,12H,3-4,6-7H2. The van der Waals surface area contributed by atoms with E-state index >= 15 is 0 Å². The maximum absolute atomic E-state index is 13.4. The van der Waals surface area contributed by atoms with Crippen LogP contribution in [0.3, 0.4) is 0 Å². The summed E-state index contributed by atoms with van der Waals surface area (Å²) in [6.07, 6.45) is -0.327. The van der Waals surface area contributed by atoms with Crippen LogP contribution in [0.4, 0.5) is 4.39 Å². The Bertz CT molecular complexity index is 416. The van der Waals surface area contributed by atoms with Gasteiger partial charge in [-0.1, -0.05) is 11.6 Å². The molecular weight excluding hydrogens is 247 g/mol. The number of benzene rings is 1. The summed E-state index contributed by atoms with van der Waals surface area (Å²) in [5.74, 6) is -0.547. The molecule has 3 nitrogen and oxygen atoms in total. The maximum Gasteiger partial charge on any atom is 0.164 e. The summed E-state index contributed by atoms with van der Waals surface area (Å²) in [4.78, 5) is 11.7. The third-order valence-corrected chi connectivity index (χ3v) is 2.72. The molecule has 1 aliphatic rings. The molecule has 1 fully saturated rings. The van der Waals surface area contributed by atoms with E-state index in [1.165, 1.54) is 18.2 Å². The Morgan fingerprint density at radius 3 is 2.82 bits per heavy atom. The molecule has 17 heavy (non-hydrogen) atoms. The van der Waals surface area contributed by atoms with E-state index in [1.807, 2.05) is 0 Å². The van der Waals surface area contributed by atoms with E-state index in [0.29, 0.717) is 23.8 Å². The predicted octanol–water partition coefficient (Wildman–Crippen LogP) is 2.35. The van der Waals surface area contributed by atoms with Crippen molar-refractivity contribution < 1.29 is 18.7 Å². The molecule has 1 aliphatic heterocycles. The Morgan fingerprint density at radius 2 is 2.12 bits per heavy atom. The lowest BCUT2D eigenvalue weighted by Gasteiger charge is -2.08. The topological polar surface area (TPSA) is 35.5 Å². The van der Waals surface area contributed by atoms with Crippen molar-refractivity contribution in [2.45, 2.75) is 19.1 Å². The highest BCUT2D eigenvalue weighted by Crippen LogP contribution is 2.17. The van der Waals surface area contributed by atoms with Gasteiger partial charge in [-0.15, -0.1) is 0 Å². The number of halogens is 2. The molecule has 0 aliphatic carbocycles. The molecule has 0 atom stereocenters. The molecule has 0 saturated carbocycles. The van der Waals surface area contributed by atoms with E-state index in [4.69, 9.17) is 21.1 Å². The molecule has 0 aromatic heterocycles. The highest BCUT2D eigenvalue weighted by atomic mass is 35.5. The summed E-state index contributed by atoms with van der Waals surface area (Å²) in [5, 5.41) is 0.419. The van der Waals surface area contributed by atoms with Crippen LogP contribution in [0.1, 0.15) is 12.0 Å². The van der Waals surface area contributed by atoms with Gasteiger partial charge in [-0.2, -0.15) is 0 Å². The SMILES string of the molecule is O=C(Cc1cc(Cl)ccc1F)CC1OCCO1. The van der Waals surface area contributed by atoms with E-state index in [1.54, 1.807) is 0 Å². The number of rotatable bonds is 4. The van der Waals surface area contributed by atoms with Crippen molar-refractivity contribution in [3.63, 3.8) is 0 Å². The first kappa shape index (κ1) is 12.5. The fourth-order valence-corrected chi connectivity index (χ4v) is 1.87. The number of carbonyl (C=O) groups is 1. The molecule has 1 saturated heterocycles. The molecule has 92 valence electrons. The van der Waals surface area contributed by atoms with Crippen LogP contribution in [-0.4, -0.2) is 25.3 Å². The lowest BCUT2D eigenvalue weighted by Crippen LogP contribution is -2.16. The van der Waals surface area contributed by atoms with Crippen molar-refractivity contribution in [2.75, 3.05) is 13.2 Å². The minimum absolute atomic E-state index is 0.00954. The van der Waals surface area contributed by atoms with E-state index in [-0.39, 0.29) is 18.6 Å². The van der Waals surface area contributed by atoms with Gasteiger partial charge in [0.1, 0.15) is 11.6 Å². The van der Waals surface area contributed by atoms with E-state index in [2.05, 4.69) is 0 Å². The van der Waals surface area contributed by atoms with Crippen molar-refractivity contribution in [2.24, 2.45) is 0 Å². The Labute approximate surface area is 103 Å². The highest BCUT2D eigenvalue weighted by molar-refractivity contribution is 6.30. The minimum atomic E-state index is -0.482. The van der Waals surface area contributed by atoms with Crippen LogP contribution in [0.5, 0.6) is 0 Å². The van der Waals surface area contributed by atoms with E-state index in [9.17, 15) is 9.18 Å². The molecule has 0 unspecified atom stereocenters. The van der Waals surface area contributed by atoms with Gasteiger partial charge in [0.05, 0.1) is 19.6 Å². The first-order valence-corrected chi connectivity index (χ1v) is 5.72. The van der Waals surface area contributed by atoms with Gasteiger partial charge in [0, 0.05) is 11.4 Å². The van der Waals surface area contributed by atoms with Gasteiger partial charge >= 0.3 is 0 Å². The summed E-state index contributed by atoms with van der Waals surface area (Å²) in [6.45, 7) is 1.01. The fraction of sp³-hybridized carbons (Fsp3) is 0.417. The number of Topliss-reactive ketones (excluding diaryl/α,β-unsaturated/α-hetero) is 1. The monoisotopic (exact) mass is 258 g/mol. The second-order valence-corrected chi connectivity index (χ2v) is 4.26. The lowest BCUT2D eigenvalue weighted by atomic mass is 10.1. The van der Waals surface area contributed by atoms with Crippen LogP contribution in [-0.2, 0) is 20.7 Å². The number of ether oxygens (including phenoxy) is 2. The zero-order valence-electron chi connectivity index (χ0n) is 9.12. The van der Waals surface area contributed by atoms with Crippen molar-refractivity contribution in [3.8, 4) is 0 Å². The van der Waals surface area contributed by atoms with Gasteiger partial charge in [0.15, 0.2) is 6.29 Å². The van der Waals surface area contributed by atoms with E-state index in [0.717, 1.165) is 0 Å². The van der Waals surface area contributed by atoms with Crippen LogP contribution in [0.2, 0.25) is 5.02 Å². The Kier molecular flexibility index (Phi) is 4.10. The Balaban J connectivity index is 1.95. The zero-order valence-corrected chi connectivity index (χ0v) is 9.87. The fourth-order valence-electron chi connectivity index (χ4n) is 1.67. The van der Waals surface area contributed by atoms with E-state index < -0.39 is 12.1 Å². The normalized spacial score (nSPS) is 16.4. The molecule has 2 rings (SSSR count). The first-order valence-electron chi connectivity index (χ1n) is 5.34. The predicted molar refractivity (Wildman–Crippen MR) is 60.4 cm³/mol. The van der Waals surface area contributed by atoms with Gasteiger partial charge < -0.3 is 9.47 Å². The summed E-state index contributed by atoms with van der Waals surface area (Å²) < 4.78 is 23.7. The van der Waals surface area contributed by atoms with Gasteiger partial charge in [0.25, 0.3) is 0 Å². The maximum atomic E-state index is 13.4. The second kappa shape index (κ2) is 5.58. The molecule has 0 bridgehead atoms.